The molecule has 3 heteroatoms. The van der Waals surface area contributed by atoms with Crippen LogP contribution in [0.5, 0.6) is 0 Å². The van der Waals surface area contributed by atoms with Crippen LogP contribution >= 0.6 is 0 Å². The maximum Gasteiger partial charge on any atom is 0.133 e. The molecule has 3 nitrogen and oxygen atoms in total. The zero-order chi connectivity index (χ0) is 14.7. The molecule has 20 heavy (non-hydrogen) atoms. The molecule has 0 amide bonds. The third-order valence-electron chi connectivity index (χ3n) is 3.61. The minimum atomic E-state index is 0.207. The van der Waals surface area contributed by atoms with Crippen LogP contribution in [0.4, 0.5) is 0 Å². The van der Waals surface area contributed by atoms with E-state index < -0.39 is 0 Å². The van der Waals surface area contributed by atoms with E-state index in [-0.39, 0.29) is 5.92 Å². The molecule has 1 aromatic carbocycles. The molecular formula is C17H23N3. The van der Waals surface area contributed by atoms with E-state index >= 15 is 0 Å². The van der Waals surface area contributed by atoms with Crippen molar-refractivity contribution in [2.75, 3.05) is 6.54 Å². The number of aryl methyl sites for hydroxylation is 2. The molecule has 0 fully saturated rings. The number of hydrogen-bond acceptors (Lipinski definition) is 3. The highest BCUT2D eigenvalue weighted by molar-refractivity contribution is 5.59. The van der Waals surface area contributed by atoms with Gasteiger partial charge in [0, 0.05) is 23.7 Å². The Morgan fingerprint density at radius 2 is 1.70 bits per heavy atom. The quantitative estimate of drug-likeness (QED) is 0.924. The van der Waals surface area contributed by atoms with Gasteiger partial charge in [0.15, 0.2) is 0 Å². The smallest absolute Gasteiger partial charge is 0.133 e. The highest BCUT2D eigenvalue weighted by Gasteiger charge is 2.18. The van der Waals surface area contributed by atoms with E-state index in [0.717, 1.165) is 22.8 Å². The number of nitrogens with zero attached hydrogens (tertiary/aromatic N) is 2. The van der Waals surface area contributed by atoms with Gasteiger partial charge in [-0.25, -0.2) is 9.97 Å². The molecule has 0 saturated heterocycles. The second-order valence-corrected chi connectivity index (χ2v) is 5.71. The van der Waals surface area contributed by atoms with Gasteiger partial charge in [-0.2, -0.15) is 0 Å². The number of benzene rings is 1. The van der Waals surface area contributed by atoms with Crippen LogP contribution in [-0.4, -0.2) is 16.5 Å². The summed E-state index contributed by atoms with van der Waals surface area (Å²) in [4.78, 5) is 9.31. The summed E-state index contributed by atoms with van der Waals surface area (Å²) in [6, 6.07) is 10.5. The van der Waals surface area contributed by atoms with E-state index in [2.05, 4.69) is 50.0 Å². The van der Waals surface area contributed by atoms with Gasteiger partial charge in [0.25, 0.3) is 0 Å². The first-order valence-corrected chi connectivity index (χ1v) is 7.14. The minimum absolute atomic E-state index is 0.207. The van der Waals surface area contributed by atoms with Crippen molar-refractivity contribution in [1.82, 2.24) is 9.97 Å². The van der Waals surface area contributed by atoms with Crippen LogP contribution in [0.2, 0.25) is 0 Å². The van der Waals surface area contributed by atoms with Gasteiger partial charge < -0.3 is 5.73 Å². The molecule has 0 aliphatic rings. The molecule has 106 valence electrons. The molecule has 0 aliphatic carbocycles. The summed E-state index contributed by atoms with van der Waals surface area (Å²) >= 11 is 0. The van der Waals surface area contributed by atoms with Gasteiger partial charge in [0.1, 0.15) is 5.82 Å². The summed E-state index contributed by atoms with van der Waals surface area (Å²) in [6.45, 7) is 9.00. The fourth-order valence-corrected chi connectivity index (χ4v) is 2.31. The van der Waals surface area contributed by atoms with Crippen LogP contribution in [-0.2, 0) is 0 Å². The molecule has 2 aromatic rings. The lowest BCUT2D eigenvalue weighted by Gasteiger charge is -2.18. The Labute approximate surface area is 121 Å². The first kappa shape index (κ1) is 14.7. The predicted octanol–water partition coefficient (Wildman–Crippen LogP) is 3.46. The van der Waals surface area contributed by atoms with Crippen LogP contribution in [0, 0.1) is 19.8 Å². The standard InChI is InChI=1S/C17H23N3/c1-11(2)15(10-18)17-19-13(4)9-16(20-17)14-7-5-12(3)6-8-14/h5-9,11,15H,10,18H2,1-4H3. The second kappa shape index (κ2) is 6.14. The molecular weight excluding hydrogens is 246 g/mol. The highest BCUT2D eigenvalue weighted by Crippen LogP contribution is 2.24. The number of aromatic nitrogens is 2. The Morgan fingerprint density at radius 3 is 2.25 bits per heavy atom. The third-order valence-corrected chi connectivity index (χ3v) is 3.61. The first-order valence-electron chi connectivity index (χ1n) is 7.14. The van der Waals surface area contributed by atoms with Crippen molar-refractivity contribution in [3.05, 3.63) is 47.4 Å². The van der Waals surface area contributed by atoms with Gasteiger partial charge in [0.05, 0.1) is 5.69 Å². The van der Waals surface area contributed by atoms with Gasteiger partial charge in [-0.3, -0.25) is 0 Å². The highest BCUT2D eigenvalue weighted by atomic mass is 14.9. The molecule has 0 aliphatic heterocycles. The van der Waals surface area contributed by atoms with E-state index in [0.29, 0.717) is 12.5 Å². The van der Waals surface area contributed by atoms with Crippen LogP contribution in [0.1, 0.15) is 36.8 Å². The monoisotopic (exact) mass is 269 g/mol. The Balaban J connectivity index is 2.45. The summed E-state index contributed by atoms with van der Waals surface area (Å²) in [5.41, 5.74) is 10.2. The van der Waals surface area contributed by atoms with Crippen LogP contribution in [0.3, 0.4) is 0 Å². The summed E-state index contributed by atoms with van der Waals surface area (Å²) in [6.07, 6.45) is 0. The average molecular weight is 269 g/mol. The zero-order valence-corrected chi connectivity index (χ0v) is 12.7. The molecule has 2 rings (SSSR count). The van der Waals surface area contributed by atoms with E-state index in [1.807, 2.05) is 13.0 Å². The summed E-state index contributed by atoms with van der Waals surface area (Å²) < 4.78 is 0. The lowest BCUT2D eigenvalue weighted by atomic mass is 9.95. The zero-order valence-electron chi connectivity index (χ0n) is 12.7. The van der Waals surface area contributed by atoms with Gasteiger partial charge in [-0.15, -0.1) is 0 Å². The third kappa shape index (κ3) is 3.23. The van der Waals surface area contributed by atoms with Crippen molar-refractivity contribution >= 4 is 0 Å². The fraction of sp³-hybridized carbons (Fsp3) is 0.412. The van der Waals surface area contributed by atoms with Gasteiger partial charge in [-0.05, 0) is 25.8 Å². The predicted molar refractivity (Wildman–Crippen MR) is 83.6 cm³/mol. The van der Waals surface area contributed by atoms with E-state index in [1.165, 1.54) is 5.56 Å². The number of rotatable bonds is 4. The van der Waals surface area contributed by atoms with Crippen molar-refractivity contribution in [1.29, 1.82) is 0 Å². The molecule has 1 unspecified atom stereocenters. The first-order chi connectivity index (χ1) is 9.51. The van der Waals surface area contributed by atoms with Crippen molar-refractivity contribution in [2.45, 2.75) is 33.6 Å². The van der Waals surface area contributed by atoms with Gasteiger partial charge >= 0.3 is 0 Å². The maximum atomic E-state index is 5.88. The van der Waals surface area contributed by atoms with Gasteiger partial charge in [-0.1, -0.05) is 43.7 Å². The summed E-state index contributed by atoms with van der Waals surface area (Å²) in [7, 11) is 0. The van der Waals surface area contributed by atoms with Gasteiger partial charge in [0.2, 0.25) is 0 Å². The van der Waals surface area contributed by atoms with Crippen LogP contribution in [0.15, 0.2) is 30.3 Å². The summed E-state index contributed by atoms with van der Waals surface area (Å²) in [5.74, 6) is 1.50. The Bertz CT molecular complexity index is 573. The van der Waals surface area contributed by atoms with Crippen LogP contribution in [0.25, 0.3) is 11.3 Å². The van der Waals surface area contributed by atoms with E-state index in [9.17, 15) is 0 Å². The topological polar surface area (TPSA) is 51.8 Å². The lowest BCUT2D eigenvalue weighted by Crippen LogP contribution is -2.20. The van der Waals surface area contributed by atoms with Crippen LogP contribution < -0.4 is 5.73 Å². The largest absolute Gasteiger partial charge is 0.330 e. The number of nitrogens with two attached hydrogens (primary N) is 1. The minimum Gasteiger partial charge on any atom is -0.330 e. The molecule has 1 atom stereocenters. The Hall–Kier alpha value is -1.74. The van der Waals surface area contributed by atoms with Crippen molar-refractivity contribution in [3.8, 4) is 11.3 Å². The molecule has 0 saturated carbocycles. The fourth-order valence-electron chi connectivity index (χ4n) is 2.31. The normalized spacial score (nSPS) is 12.7. The Morgan fingerprint density at radius 1 is 1.05 bits per heavy atom. The molecule has 1 aromatic heterocycles. The summed E-state index contributed by atoms with van der Waals surface area (Å²) in [5, 5.41) is 0. The van der Waals surface area contributed by atoms with E-state index in [4.69, 9.17) is 10.7 Å². The number of hydrogen-bond donors (Lipinski definition) is 1. The molecule has 0 bridgehead atoms. The van der Waals surface area contributed by atoms with E-state index in [1.54, 1.807) is 0 Å². The molecule has 0 spiro atoms. The van der Waals surface area contributed by atoms with Crippen molar-refractivity contribution in [2.24, 2.45) is 11.7 Å². The average Bonchev–Trinajstić information content (AvgIpc) is 2.39. The SMILES string of the molecule is Cc1ccc(-c2cc(C)nc(C(CN)C(C)C)n2)cc1. The maximum absolute atomic E-state index is 5.88. The van der Waals surface area contributed by atoms with Crippen molar-refractivity contribution < 1.29 is 0 Å². The second-order valence-electron chi connectivity index (χ2n) is 5.71. The molecule has 1 heterocycles. The Kier molecular flexibility index (Phi) is 4.50. The lowest BCUT2D eigenvalue weighted by molar-refractivity contribution is 0.483. The van der Waals surface area contributed by atoms with Crippen molar-refractivity contribution in [3.63, 3.8) is 0 Å². The molecule has 2 N–H and O–H groups in total. The molecule has 0 radical (unpaired) electrons.